The van der Waals surface area contributed by atoms with Gasteiger partial charge in [-0.1, -0.05) is 12.1 Å². The summed E-state index contributed by atoms with van der Waals surface area (Å²) in [5.41, 5.74) is 0.676. The van der Waals surface area contributed by atoms with Gasteiger partial charge in [0.25, 0.3) is 5.91 Å². The highest BCUT2D eigenvalue weighted by Gasteiger charge is 2.38. The maximum Gasteiger partial charge on any atom is 0.377 e. The van der Waals surface area contributed by atoms with Gasteiger partial charge in [-0.2, -0.15) is 0 Å². The molecule has 1 aromatic carbocycles. The minimum Gasteiger partial charge on any atom is -0.445 e. The van der Waals surface area contributed by atoms with Crippen molar-refractivity contribution in [2.24, 2.45) is 0 Å². The lowest BCUT2D eigenvalue weighted by Gasteiger charge is -2.25. The van der Waals surface area contributed by atoms with Crippen LogP contribution in [-0.4, -0.2) is 29.8 Å². The molecule has 1 heterocycles. The molecule has 1 saturated heterocycles. The van der Waals surface area contributed by atoms with Crippen molar-refractivity contribution in [1.82, 2.24) is 5.06 Å². The van der Waals surface area contributed by atoms with Crippen LogP contribution in [0.1, 0.15) is 32.4 Å². The SMILES string of the molecule is CON(C(=O)C=C1OC(C)(C)OC1=O)C(C)c1ccc(F)cc1. The molecule has 0 aliphatic carbocycles. The van der Waals surface area contributed by atoms with Gasteiger partial charge in [-0.3, -0.25) is 9.63 Å². The van der Waals surface area contributed by atoms with Gasteiger partial charge in [-0.05, 0) is 24.6 Å². The molecule has 0 spiro atoms. The number of cyclic esters (lactones) is 1. The molecule has 1 fully saturated rings. The smallest absolute Gasteiger partial charge is 0.377 e. The number of benzene rings is 1. The molecular weight excluding hydrogens is 305 g/mol. The Kier molecular flexibility index (Phi) is 4.70. The number of hydrogen-bond donors (Lipinski definition) is 0. The Morgan fingerprint density at radius 2 is 1.91 bits per heavy atom. The van der Waals surface area contributed by atoms with Gasteiger partial charge in [0.15, 0.2) is 0 Å². The van der Waals surface area contributed by atoms with Crippen LogP contribution in [0.3, 0.4) is 0 Å². The van der Waals surface area contributed by atoms with Crippen molar-refractivity contribution in [1.29, 1.82) is 0 Å². The van der Waals surface area contributed by atoms with E-state index in [0.717, 1.165) is 11.1 Å². The van der Waals surface area contributed by atoms with Crippen LogP contribution in [0.25, 0.3) is 0 Å². The van der Waals surface area contributed by atoms with E-state index < -0.39 is 23.7 Å². The van der Waals surface area contributed by atoms with E-state index in [1.165, 1.54) is 19.2 Å². The van der Waals surface area contributed by atoms with Crippen LogP contribution >= 0.6 is 0 Å². The maximum absolute atomic E-state index is 13.0. The number of carbonyl (C=O) groups excluding carboxylic acids is 2. The molecule has 0 radical (unpaired) electrons. The fourth-order valence-electron chi connectivity index (χ4n) is 2.18. The van der Waals surface area contributed by atoms with Crippen LogP contribution in [0.15, 0.2) is 36.1 Å². The summed E-state index contributed by atoms with van der Waals surface area (Å²) in [4.78, 5) is 29.1. The minimum atomic E-state index is -1.11. The molecule has 7 heteroatoms. The number of carbonyl (C=O) groups is 2. The highest BCUT2D eigenvalue weighted by molar-refractivity contribution is 5.97. The zero-order chi connectivity index (χ0) is 17.2. The summed E-state index contributed by atoms with van der Waals surface area (Å²) in [6.07, 6.45) is 1.01. The fraction of sp³-hybridized carbons (Fsp3) is 0.375. The third kappa shape index (κ3) is 3.87. The number of rotatable bonds is 4. The van der Waals surface area contributed by atoms with Crippen molar-refractivity contribution in [3.8, 4) is 0 Å². The Balaban J connectivity index is 2.18. The Labute approximate surface area is 133 Å². The van der Waals surface area contributed by atoms with Gasteiger partial charge >= 0.3 is 5.97 Å². The molecule has 6 nitrogen and oxygen atoms in total. The Bertz CT molecular complexity index is 638. The van der Waals surface area contributed by atoms with Crippen LogP contribution in [0.2, 0.25) is 0 Å². The van der Waals surface area contributed by atoms with Gasteiger partial charge in [0.05, 0.1) is 19.2 Å². The molecule has 0 bridgehead atoms. The van der Waals surface area contributed by atoms with Gasteiger partial charge in [0.2, 0.25) is 11.5 Å². The predicted molar refractivity (Wildman–Crippen MR) is 78.0 cm³/mol. The number of ether oxygens (including phenoxy) is 2. The molecule has 0 aromatic heterocycles. The monoisotopic (exact) mass is 323 g/mol. The first-order valence-corrected chi connectivity index (χ1v) is 7.00. The third-order valence-corrected chi connectivity index (χ3v) is 3.27. The predicted octanol–water partition coefficient (Wildman–Crippen LogP) is 2.47. The van der Waals surface area contributed by atoms with Crippen molar-refractivity contribution in [3.05, 3.63) is 47.5 Å². The number of nitrogens with zero attached hydrogens (tertiary/aromatic N) is 1. The third-order valence-electron chi connectivity index (χ3n) is 3.27. The van der Waals surface area contributed by atoms with Crippen LogP contribution in [-0.2, 0) is 23.9 Å². The topological polar surface area (TPSA) is 65.1 Å². The highest BCUT2D eigenvalue weighted by atomic mass is 19.1. The number of halogens is 1. The first-order valence-electron chi connectivity index (χ1n) is 7.00. The lowest BCUT2D eigenvalue weighted by atomic mass is 10.1. The second-order valence-corrected chi connectivity index (χ2v) is 5.47. The van der Waals surface area contributed by atoms with Gasteiger partial charge < -0.3 is 9.47 Å². The summed E-state index contributed by atoms with van der Waals surface area (Å²) in [5.74, 6) is -2.97. The van der Waals surface area contributed by atoms with Crippen LogP contribution in [0, 0.1) is 5.82 Å². The molecule has 23 heavy (non-hydrogen) atoms. The molecular formula is C16H18FNO5. The first kappa shape index (κ1) is 17.0. The van der Waals surface area contributed by atoms with Crippen LogP contribution < -0.4 is 0 Å². The van der Waals surface area contributed by atoms with E-state index in [1.807, 2.05) is 0 Å². The van der Waals surface area contributed by atoms with Crippen LogP contribution in [0.5, 0.6) is 0 Å². The summed E-state index contributed by atoms with van der Waals surface area (Å²) in [7, 11) is 1.33. The quantitative estimate of drug-likeness (QED) is 0.484. The number of hydroxylamine groups is 2. The van der Waals surface area contributed by atoms with Crippen molar-refractivity contribution >= 4 is 11.9 Å². The first-order chi connectivity index (χ1) is 10.7. The van der Waals surface area contributed by atoms with E-state index in [4.69, 9.17) is 14.3 Å². The second-order valence-electron chi connectivity index (χ2n) is 5.47. The average molecular weight is 323 g/mol. The fourth-order valence-corrected chi connectivity index (χ4v) is 2.18. The van der Waals surface area contributed by atoms with Crippen molar-refractivity contribution in [3.63, 3.8) is 0 Å². The molecule has 1 aromatic rings. The molecule has 1 aliphatic rings. The molecule has 0 N–H and O–H groups in total. The molecule has 2 rings (SSSR count). The lowest BCUT2D eigenvalue weighted by molar-refractivity contribution is -0.182. The second kappa shape index (κ2) is 6.37. The molecule has 1 amide bonds. The molecule has 124 valence electrons. The van der Waals surface area contributed by atoms with Crippen molar-refractivity contribution in [2.45, 2.75) is 32.6 Å². The molecule has 0 saturated carbocycles. The standard InChI is InChI=1S/C16H18FNO5/c1-10(11-5-7-12(17)8-6-11)18(21-4)14(19)9-13-15(20)23-16(2,3)22-13/h5-10H,1-4H3. The molecule has 1 atom stereocenters. The van der Waals surface area contributed by atoms with E-state index in [2.05, 4.69) is 0 Å². The number of amides is 1. The molecule has 1 aliphatic heterocycles. The Morgan fingerprint density at radius 1 is 1.30 bits per heavy atom. The number of esters is 1. The van der Waals surface area contributed by atoms with Gasteiger partial charge in [-0.15, -0.1) is 0 Å². The zero-order valence-corrected chi connectivity index (χ0v) is 13.3. The van der Waals surface area contributed by atoms with E-state index in [-0.39, 0.29) is 11.6 Å². The lowest BCUT2D eigenvalue weighted by Crippen LogP contribution is -2.31. The van der Waals surface area contributed by atoms with Gasteiger partial charge in [0, 0.05) is 13.8 Å². The van der Waals surface area contributed by atoms with Gasteiger partial charge in [-0.25, -0.2) is 14.2 Å². The normalized spacial score (nSPS) is 19.2. The largest absolute Gasteiger partial charge is 0.445 e. The average Bonchev–Trinajstić information content (AvgIpc) is 2.72. The maximum atomic E-state index is 13.0. The summed E-state index contributed by atoms with van der Waals surface area (Å²) in [6.45, 7) is 4.84. The number of hydrogen-bond acceptors (Lipinski definition) is 5. The zero-order valence-electron chi connectivity index (χ0n) is 13.3. The van der Waals surface area contributed by atoms with Crippen molar-refractivity contribution in [2.75, 3.05) is 7.11 Å². The Morgan fingerprint density at radius 3 is 2.39 bits per heavy atom. The summed E-state index contributed by atoms with van der Waals surface area (Å²) < 4.78 is 23.2. The van der Waals surface area contributed by atoms with E-state index in [1.54, 1.807) is 32.9 Å². The minimum absolute atomic E-state index is 0.187. The summed E-state index contributed by atoms with van der Waals surface area (Å²) in [6, 6.07) is 5.20. The van der Waals surface area contributed by atoms with E-state index in [9.17, 15) is 14.0 Å². The summed E-state index contributed by atoms with van der Waals surface area (Å²) >= 11 is 0. The Hall–Kier alpha value is -2.41. The highest BCUT2D eigenvalue weighted by Crippen LogP contribution is 2.27. The molecule has 1 unspecified atom stereocenters. The summed E-state index contributed by atoms with van der Waals surface area (Å²) in [5, 5.41) is 1.06. The van der Waals surface area contributed by atoms with Crippen molar-refractivity contribution < 1.29 is 28.3 Å². The van der Waals surface area contributed by atoms with E-state index >= 15 is 0 Å². The van der Waals surface area contributed by atoms with Crippen LogP contribution in [0.4, 0.5) is 4.39 Å². The van der Waals surface area contributed by atoms with E-state index in [0.29, 0.717) is 5.56 Å². The van der Waals surface area contributed by atoms with Gasteiger partial charge in [0.1, 0.15) is 5.82 Å².